The highest BCUT2D eigenvalue weighted by Gasteiger charge is 2.32. The van der Waals surface area contributed by atoms with E-state index in [0.717, 1.165) is 64.1 Å². The van der Waals surface area contributed by atoms with Crippen molar-refractivity contribution < 1.29 is 9.59 Å². The first-order chi connectivity index (χ1) is 12.2. The monoisotopic (exact) mass is 385 g/mol. The summed E-state index contributed by atoms with van der Waals surface area (Å²) in [6, 6.07) is -0.00456. The number of piperidine rings is 1. The molecule has 3 rings (SSSR count). The van der Waals surface area contributed by atoms with Gasteiger partial charge in [0.25, 0.3) is 0 Å². The van der Waals surface area contributed by atoms with Gasteiger partial charge in [-0.15, -0.1) is 12.4 Å². The number of nitrogens with zero attached hydrogens (tertiary/aromatic N) is 1. The van der Waals surface area contributed by atoms with Gasteiger partial charge in [-0.25, -0.2) is 0 Å². The minimum Gasteiger partial charge on any atom is -0.354 e. The van der Waals surface area contributed by atoms with Crippen LogP contribution in [-0.4, -0.2) is 48.9 Å². The van der Waals surface area contributed by atoms with Gasteiger partial charge in [0.05, 0.1) is 6.04 Å². The molecule has 0 bridgehead atoms. The molecule has 2 unspecified atom stereocenters. The Kier molecular flexibility index (Phi) is 8.68. The van der Waals surface area contributed by atoms with E-state index in [4.69, 9.17) is 0 Å². The second kappa shape index (κ2) is 10.5. The lowest BCUT2D eigenvalue weighted by atomic mass is 9.80. The Morgan fingerprint density at radius 1 is 1.04 bits per heavy atom. The summed E-state index contributed by atoms with van der Waals surface area (Å²) in [6.45, 7) is 5.65. The first-order valence-electron chi connectivity index (χ1n) is 10.5. The lowest BCUT2D eigenvalue weighted by Crippen LogP contribution is -2.48. The van der Waals surface area contributed by atoms with Crippen molar-refractivity contribution in [3.05, 3.63) is 0 Å². The van der Waals surface area contributed by atoms with Crippen molar-refractivity contribution in [1.29, 1.82) is 0 Å². The van der Waals surface area contributed by atoms with Crippen molar-refractivity contribution in [2.24, 2.45) is 17.8 Å². The average Bonchev–Trinajstić information content (AvgIpc) is 3.21. The summed E-state index contributed by atoms with van der Waals surface area (Å²) in [5.41, 5.74) is 0. The molecule has 2 aliphatic heterocycles. The summed E-state index contributed by atoms with van der Waals surface area (Å²) in [5.74, 6) is 2.01. The van der Waals surface area contributed by atoms with Gasteiger partial charge in [0.1, 0.15) is 0 Å². The fourth-order valence-corrected chi connectivity index (χ4v) is 4.78. The van der Waals surface area contributed by atoms with E-state index in [0.29, 0.717) is 18.4 Å². The van der Waals surface area contributed by atoms with Gasteiger partial charge < -0.3 is 15.5 Å². The van der Waals surface area contributed by atoms with E-state index in [-0.39, 0.29) is 30.3 Å². The largest absolute Gasteiger partial charge is 0.354 e. The molecule has 6 heteroatoms. The van der Waals surface area contributed by atoms with Crippen LogP contribution in [0.2, 0.25) is 0 Å². The Morgan fingerprint density at radius 2 is 1.81 bits per heavy atom. The quantitative estimate of drug-likeness (QED) is 0.764. The number of nitrogens with one attached hydrogen (secondary N) is 2. The van der Waals surface area contributed by atoms with E-state index in [1.54, 1.807) is 0 Å². The molecule has 0 aromatic carbocycles. The predicted octanol–water partition coefficient (Wildman–Crippen LogP) is 2.73. The van der Waals surface area contributed by atoms with Crippen molar-refractivity contribution >= 4 is 24.2 Å². The molecule has 26 heavy (non-hydrogen) atoms. The topological polar surface area (TPSA) is 61.4 Å². The molecular formula is C20H36ClN3O2. The van der Waals surface area contributed by atoms with Gasteiger partial charge in [0.2, 0.25) is 11.8 Å². The molecule has 2 heterocycles. The molecule has 2 N–H and O–H groups in total. The normalized spacial score (nSPS) is 32.0. The maximum Gasteiger partial charge on any atom is 0.237 e. The molecule has 3 fully saturated rings. The lowest BCUT2D eigenvalue weighted by Gasteiger charge is -2.37. The average molecular weight is 386 g/mol. The van der Waals surface area contributed by atoms with Crippen LogP contribution < -0.4 is 10.6 Å². The molecule has 1 aliphatic carbocycles. The van der Waals surface area contributed by atoms with Crippen molar-refractivity contribution in [1.82, 2.24) is 15.5 Å². The molecule has 2 atom stereocenters. The fourth-order valence-electron chi connectivity index (χ4n) is 4.78. The van der Waals surface area contributed by atoms with Crippen LogP contribution in [0.4, 0.5) is 0 Å². The van der Waals surface area contributed by atoms with Gasteiger partial charge in [-0.2, -0.15) is 0 Å². The van der Waals surface area contributed by atoms with Crippen LogP contribution in [0.25, 0.3) is 0 Å². The zero-order valence-electron chi connectivity index (χ0n) is 16.2. The number of hydrogen-bond acceptors (Lipinski definition) is 3. The van der Waals surface area contributed by atoms with E-state index >= 15 is 0 Å². The first-order valence-corrected chi connectivity index (χ1v) is 10.5. The van der Waals surface area contributed by atoms with Gasteiger partial charge in [0.15, 0.2) is 0 Å². The Hall–Kier alpha value is -0.810. The van der Waals surface area contributed by atoms with Crippen molar-refractivity contribution in [3.8, 4) is 0 Å². The maximum absolute atomic E-state index is 12.9. The van der Waals surface area contributed by atoms with Crippen molar-refractivity contribution in [2.45, 2.75) is 70.8 Å². The zero-order valence-corrected chi connectivity index (χ0v) is 17.0. The molecule has 0 aromatic heterocycles. The number of halogens is 1. The highest BCUT2D eigenvalue weighted by Crippen LogP contribution is 2.32. The van der Waals surface area contributed by atoms with Crippen LogP contribution in [0, 0.1) is 17.8 Å². The molecule has 3 aliphatic rings. The van der Waals surface area contributed by atoms with E-state index in [1.807, 2.05) is 0 Å². The summed E-state index contributed by atoms with van der Waals surface area (Å²) >= 11 is 0. The third-order valence-corrected chi connectivity index (χ3v) is 6.55. The van der Waals surface area contributed by atoms with Crippen LogP contribution in [0.1, 0.15) is 64.7 Å². The smallest absolute Gasteiger partial charge is 0.237 e. The van der Waals surface area contributed by atoms with Gasteiger partial charge in [0, 0.05) is 25.6 Å². The van der Waals surface area contributed by atoms with Gasteiger partial charge in [-0.1, -0.05) is 13.3 Å². The van der Waals surface area contributed by atoms with Gasteiger partial charge in [-0.05, 0) is 69.7 Å². The number of hydrogen-bond donors (Lipinski definition) is 2. The molecule has 0 spiro atoms. The summed E-state index contributed by atoms with van der Waals surface area (Å²) in [7, 11) is 0. The maximum atomic E-state index is 12.9. The number of carbonyl (C=O) groups is 2. The third-order valence-electron chi connectivity index (χ3n) is 6.55. The highest BCUT2D eigenvalue weighted by atomic mass is 35.5. The first kappa shape index (κ1) is 21.5. The second-order valence-electron chi connectivity index (χ2n) is 8.31. The molecule has 0 aromatic rings. The summed E-state index contributed by atoms with van der Waals surface area (Å²) in [4.78, 5) is 27.1. The Bertz CT molecular complexity index is 460. The highest BCUT2D eigenvalue weighted by molar-refractivity contribution is 5.85. The van der Waals surface area contributed by atoms with E-state index in [9.17, 15) is 9.59 Å². The molecular weight excluding hydrogens is 350 g/mol. The minimum atomic E-state index is -0.00456. The van der Waals surface area contributed by atoms with E-state index in [1.165, 1.54) is 19.3 Å². The molecule has 150 valence electrons. The standard InChI is InChI=1S/C20H35N3O2.ClH/c1-2-15-7-9-17(10-8-15)20(25)23-12-4-5-16(14-23)13-22-19(24)18-6-3-11-21-18;/h15-18,21H,2-14H2,1H3,(H,22,24);1H. The number of likely N-dealkylation sites (tertiary alicyclic amines) is 1. The number of amides is 2. The van der Waals surface area contributed by atoms with Crippen LogP contribution >= 0.6 is 12.4 Å². The van der Waals surface area contributed by atoms with Crippen molar-refractivity contribution in [2.75, 3.05) is 26.2 Å². The summed E-state index contributed by atoms with van der Waals surface area (Å²) < 4.78 is 0. The molecule has 1 saturated carbocycles. The number of carbonyl (C=O) groups excluding carboxylic acids is 2. The molecule has 0 radical (unpaired) electrons. The fraction of sp³-hybridized carbons (Fsp3) is 0.900. The Morgan fingerprint density at radius 3 is 2.46 bits per heavy atom. The molecule has 2 saturated heterocycles. The minimum absolute atomic E-state index is 0. The zero-order chi connectivity index (χ0) is 17.6. The van der Waals surface area contributed by atoms with Crippen molar-refractivity contribution in [3.63, 3.8) is 0 Å². The Labute approximate surface area is 164 Å². The molecule has 2 amide bonds. The van der Waals surface area contributed by atoms with E-state index < -0.39 is 0 Å². The second-order valence-corrected chi connectivity index (χ2v) is 8.31. The van der Waals surface area contributed by atoms with Crippen LogP contribution in [0.5, 0.6) is 0 Å². The third kappa shape index (κ3) is 5.59. The number of rotatable bonds is 5. The molecule has 5 nitrogen and oxygen atoms in total. The summed E-state index contributed by atoms with van der Waals surface area (Å²) in [6.07, 6.45) is 10.0. The predicted molar refractivity (Wildman–Crippen MR) is 106 cm³/mol. The van der Waals surface area contributed by atoms with Crippen LogP contribution in [-0.2, 0) is 9.59 Å². The van der Waals surface area contributed by atoms with Crippen LogP contribution in [0.3, 0.4) is 0 Å². The van der Waals surface area contributed by atoms with Gasteiger partial charge >= 0.3 is 0 Å². The SMILES string of the molecule is CCC1CCC(C(=O)N2CCCC(CNC(=O)C3CCCN3)C2)CC1.Cl. The summed E-state index contributed by atoms with van der Waals surface area (Å²) in [5, 5.41) is 6.35. The Balaban J connectivity index is 0.00000243. The van der Waals surface area contributed by atoms with Crippen LogP contribution in [0.15, 0.2) is 0 Å². The van der Waals surface area contributed by atoms with E-state index in [2.05, 4.69) is 22.5 Å². The van der Waals surface area contributed by atoms with Gasteiger partial charge in [-0.3, -0.25) is 9.59 Å². The lowest BCUT2D eigenvalue weighted by molar-refractivity contribution is -0.138.